The van der Waals surface area contributed by atoms with E-state index in [4.69, 9.17) is 0 Å². The van der Waals surface area contributed by atoms with Crippen molar-refractivity contribution in [3.05, 3.63) is 58.9 Å². The van der Waals surface area contributed by atoms with Gasteiger partial charge in [0.25, 0.3) is 0 Å². The third-order valence-corrected chi connectivity index (χ3v) is 7.02. The van der Waals surface area contributed by atoms with Gasteiger partial charge < -0.3 is 10.2 Å². The molecule has 4 aliphatic rings. The Kier molecular flexibility index (Phi) is 3.63. The van der Waals surface area contributed by atoms with E-state index in [1.807, 2.05) is 31.4 Å². The first-order chi connectivity index (χ1) is 13.5. The molecule has 3 atom stereocenters. The molecule has 1 aromatic carbocycles. The lowest BCUT2D eigenvalue weighted by atomic mass is 9.58. The maximum Gasteiger partial charge on any atom is 0.229 e. The molecule has 6 heteroatoms. The van der Waals surface area contributed by atoms with Crippen molar-refractivity contribution in [2.75, 3.05) is 13.6 Å². The van der Waals surface area contributed by atoms with Gasteiger partial charge in [0.05, 0.1) is 17.0 Å². The van der Waals surface area contributed by atoms with Crippen molar-refractivity contribution < 1.29 is 9.59 Å². The molecule has 1 unspecified atom stereocenters. The van der Waals surface area contributed by atoms with Gasteiger partial charge in [0.15, 0.2) is 11.9 Å². The van der Waals surface area contributed by atoms with E-state index < -0.39 is 10.8 Å². The number of nitrogens with zero attached hydrogens (tertiary/aromatic N) is 3. The first-order valence-corrected chi connectivity index (χ1v) is 9.97. The number of benzene rings is 1. The summed E-state index contributed by atoms with van der Waals surface area (Å²) < 4.78 is 0. The quantitative estimate of drug-likeness (QED) is 0.862. The highest BCUT2D eigenvalue weighted by Gasteiger charge is 2.57. The summed E-state index contributed by atoms with van der Waals surface area (Å²) in [6.45, 7) is 2.83. The number of ketones is 1. The number of hydrogen-bond acceptors (Lipinski definition) is 5. The Morgan fingerprint density at radius 1 is 1.21 bits per heavy atom. The molecule has 144 valence electrons. The highest BCUT2D eigenvalue weighted by Crippen LogP contribution is 2.55. The van der Waals surface area contributed by atoms with Crippen LogP contribution in [0.1, 0.15) is 38.2 Å². The minimum Gasteiger partial charge on any atom is -0.362 e. The van der Waals surface area contributed by atoms with Crippen LogP contribution in [0.25, 0.3) is 0 Å². The van der Waals surface area contributed by atoms with Gasteiger partial charge >= 0.3 is 0 Å². The molecule has 1 aromatic rings. The third kappa shape index (κ3) is 2.09. The highest BCUT2D eigenvalue weighted by atomic mass is 16.2. The van der Waals surface area contributed by atoms with Crippen molar-refractivity contribution >= 4 is 11.7 Å². The van der Waals surface area contributed by atoms with Crippen LogP contribution in [0.2, 0.25) is 0 Å². The molecule has 1 saturated heterocycles. The van der Waals surface area contributed by atoms with E-state index in [-0.39, 0.29) is 24.3 Å². The fourth-order valence-electron chi connectivity index (χ4n) is 5.67. The average Bonchev–Trinajstić information content (AvgIpc) is 3.28. The van der Waals surface area contributed by atoms with Crippen molar-refractivity contribution in [1.29, 1.82) is 0 Å². The van der Waals surface area contributed by atoms with Gasteiger partial charge in [-0.05, 0) is 18.4 Å². The Balaban J connectivity index is 1.71. The minimum absolute atomic E-state index is 0.0781. The molecule has 1 amide bonds. The van der Waals surface area contributed by atoms with Crippen molar-refractivity contribution in [1.82, 2.24) is 10.2 Å². The highest BCUT2D eigenvalue weighted by molar-refractivity contribution is 6.05. The number of fused-ring (bicyclic) bond motifs is 1. The SMILES string of the molecule is CC[C@@]1(c2ccccc2)C2=CN=NC2NC2=C1C(=O)C[C@]1(CCN(C)C1=O)C2. The molecule has 1 aliphatic carbocycles. The Morgan fingerprint density at radius 2 is 2.00 bits per heavy atom. The number of carbonyl (C=O) groups is 2. The number of hydrogen-bond donors (Lipinski definition) is 1. The molecule has 0 aromatic heterocycles. The van der Waals surface area contributed by atoms with Crippen LogP contribution in [0, 0.1) is 5.41 Å². The van der Waals surface area contributed by atoms with E-state index >= 15 is 0 Å². The zero-order chi connectivity index (χ0) is 19.5. The van der Waals surface area contributed by atoms with Crippen LogP contribution < -0.4 is 5.32 Å². The average molecular weight is 376 g/mol. The molecule has 28 heavy (non-hydrogen) atoms. The number of allylic oxidation sites excluding steroid dienone is 2. The molecule has 1 spiro atoms. The van der Waals surface area contributed by atoms with Gasteiger partial charge in [-0.1, -0.05) is 37.3 Å². The molecular weight excluding hydrogens is 352 g/mol. The molecule has 0 radical (unpaired) electrons. The number of amides is 1. The molecule has 3 heterocycles. The summed E-state index contributed by atoms with van der Waals surface area (Å²) in [5.41, 5.74) is 2.67. The van der Waals surface area contributed by atoms with Gasteiger partial charge in [0.2, 0.25) is 5.91 Å². The zero-order valence-electron chi connectivity index (χ0n) is 16.2. The Hall–Kier alpha value is -2.76. The molecule has 6 nitrogen and oxygen atoms in total. The molecule has 0 bridgehead atoms. The van der Waals surface area contributed by atoms with E-state index in [0.717, 1.165) is 35.2 Å². The number of carbonyl (C=O) groups excluding carboxylic acids is 2. The number of likely N-dealkylation sites (tertiary alicyclic amines) is 1. The first kappa shape index (κ1) is 17.3. The van der Waals surface area contributed by atoms with E-state index in [9.17, 15) is 9.59 Å². The van der Waals surface area contributed by atoms with Crippen molar-refractivity contribution in [3.8, 4) is 0 Å². The van der Waals surface area contributed by atoms with E-state index in [1.165, 1.54) is 0 Å². The van der Waals surface area contributed by atoms with Crippen molar-refractivity contribution in [2.24, 2.45) is 15.6 Å². The van der Waals surface area contributed by atoms with E-state index in [0.29, 0.717) is 13.0 Å². The number of nitrogens with one attached hydrogen (secondary N) is 1. The fraction of sp³-hybridized carbons (Fsp3) is 0.455. The molecule has 5 rings (SSSR count). The predicted molar refractivity (Wildman–Crippen MR) is 104 cm³/mol. The molecule has 1 N–H and O–H groups in total. The van der Waals surface area contributed by atoms with Crippen molar-refractivity contribution in [2.45, 2.75) is 44.2 Å². The second kappa shape index (κ2) is 5.87. The second-order valence-corrected chi connectivity index (χ2v) is 8.37. The summed E-state index contributed by atoms with van der Waals surface area (Å²) >= 11 is 0. The summed E-state index contributed by atoms with van der Waals surface area (Å²) in [7, 11) is 1.83. The number of rotatable bonds is 2. The van der Waals surface area contributed by atoms with Gasteiger partial charge in [0.1, 0.15) is 0 Å². The lowest BCUT2D eigenvalue weighted by Crippen LogP contribution is -2.53. The van der Waals surface area contributed by atoms with Gasteiger partial charge in [-0.2, -0.15) is 10.2 Å². The van der Waals surface area contributed by atoms with Crippen LogP contribution in [0.3, 0.4) is 0 Å². The van der Waals surface area contributed by atoms with E-state index in [2.05, 4.69) is 34.6 Å². The van der Waals surface area contributed by atoms with Gasteiger partial charge in [0, 0.05) is 43.3 Å². The number of Topliss-reactive ketones (excluding diaryl/α,β-unsaturated/α-hetero) is 1. The summed E-state index contributed by atoms with van der Waals surface area (Å²) in [6, 6.07) is 10.2. The lowest BCUT2D eigenvalue weighted by Gasteiger charge is -2.47. The Bertz CT molecular complexity index is 964. The van der Waals surface area contributed by atoms with Crippen LogP contribution in [-0.4, -0.2) is 36.3 Å². The molecule has 1 fully saturated rings. The van der Waals surface area contributed by atoms with Crippen LogP contribution >= 0.6 is 0 Å². The second-order valence-electron chi connectivity index (χ2n) is 8.37. The minimum atomic E-state index is -0.606. The van der Waals surface area contributed by atoms with E-state index in [1.54, 1.807) is 4.90 Å². The summed E-state index contributed by atoms with van der Waals surface area (Å²) in [4.78, 5) is 28.3. The monoisotopic (exact) mass is 376 g/mol. The van der Waals surface area contributed by atoms with Crippen LogP contribution in [0.15, 0.2) is 63.6 Å². The van der Waals surface area contributed by atoms with Crippen LogP contribution in [-0.2, 0) is 15.0 Å². The predicted octanol–water partition coefficient (Wildman–Crippen LogP) is 3.08. The lowest BCUT2D eigenvalue weighted by molar-refractivity contribution is -0.138. The first-order valence-electron chi connectivity index (χ1n) is 9.97. The number of azo groups is 1. The van der Waals surface area contributed by atoms with Crippen LogP contribution in [0.4, 0.5) is 0 Å². The maximum absolute atomic E-state index is 13.6. The van der Waals surface area contributed by atoms with Gasteiger partial charge in [-0.25, -0.2) is 0 Å². The van der Waals surface area contributed by atoms with Gasteiger partial charge in [-0.3, -0.25) is 9.59 Å². The molecular formula is C22H24N4O2. The Labute approximate surface area is 164 Å². The maximum atomic E-state index is 13.6. The summed E-state index contributed by atoms with van der Waals surface area (Å²) in [5, 5.41) is 12.0. The fourth-order valence-corrected chi connectivity index (χ4v) is 5.67. The van der Waals surface area contributed by atoms with Crippen LogP contribution in [0.5, 0.6) is 0 Å². The third-order valence-electron chi connectivity index (χ3n) is 7.02. The summed E-state index contributed by atoms with van der Waals surface area (Å²) in [6.07, 6.45) is 3.88. The standard InChI is InChI=1S/C22H24N4O2/c1-3-22(14-7-5-4-6-8-14)15-13-23-25-19(15)24-16-11-21(12-17(27)18(16)22)9-10-26(2)20(21)28/h4-8,13,19,24H,3,9-12H2,1-2H3/t19?,21-,22+/m0/s1. The molecule has 3 aliphatic heterocycles. The van der Waals surface area contributed by atoms with Crippen molar-refractivity contribution in [3.63, 3.8) is 0 Å². The topological polar surface area (TPSA) is 74.1 Å². The van der Waals surface area contributed by atoms with Gasteiger partial charge in [-0.15, -0.1) is 0 Å². The zero-order valence-corrected chi connectivity index (χ0v) is 16.2. The smallest absolute Gasteiger partial charge is 0.229 e. The largest absolute Gasteiger partial charge is 0.362 e. The molecule has 0 saturated carbocycles. The Morgan fingerprint density at radius 3 is 2.68 bits per heavy atom. The summed E-state index contributed by atoms with van der Waals surface area (Å²) in [5.74, 6) is 0.166. The normalized spacial score (nSPS) is 33.9.